The van der Waals surface area contributed by atoms with Gasteiger partial charge in [-0.3, -0.25) is 9.36 Å². The molecule has 0 saturated carbocycles. The van der Waals surface area contributed by atoms with Gasteiger partial charge in [0.15, 0.2) is 0 Å². The highest BCUT2D eigenvalue weighted by Gasteiger charge is 2.13. The zero-order chi connectivity index (χ0) is 16.1. The van der Waals surface area contributed by atoms with E-state index in [0.717, 1.165) is 24.7 Å². The fourth-order valence-electron chi connectivity index (χ4n) is 2.54. The zero-order valence-electron chi connectivity index (χ0n) is 13.1. The molecule has 0 radical (unpaired) electrons. The lowest BCUT2D eigenvalue weighted by Crippen LogP contribution is -2.26. The van der Waals surface area contributed by atoms with Gasteiger partial charge in [0.05, 0.1) is 12.2 Å². The van der Waals surface area contributed by atoms with E-state index in [1.807, 2.05) is 52.1 Å². The molecule has 0 spiro atoms. The van der Waals surface area contributed by atoms with Crippen LogP contribution in [-0.4, -0.2) is 26.1 Å². The minimum atomic E-state index is 0.128. The average molecular weight is 330 g/mol. The Balaban J connectivity index is 1.68. The minimum Gasteiger partial charge on any atom is -0.310 e. The smallest absolute Gasteiger partial charge is 0.0892 e. The zero-order valence-corrected chi connectivity index (χ0v) is 13.8. The van der Waals surface area contributed by atoms with Gasteiger partial charge in [0.25, 0.3) is 0 Å². The van der Waals surface area contributed by atoms with E-state index in [2.05, 4.69) is 28.6 Å². The maximum atomic E-state index is 5.99. The van der Waals surface area contributed by atoms with Gasteiger partial charge in [-0.15, -0.1) is 0 Å². The highest BCUT2D eigenvalue weighted by molar-refractivity contribution is 6.30. The van der Waals surface area contributed by atoms with Gasteiger partial charge in [-0.05, 0) is 30.7 Å². The minimum absolute atomic E-state index is 0.128. The predicted molar refractivity (Wildman–Crippen MR) is 91.4 cm³/mol. The molecule has 6 heteroatoms. The number of benzene rings is 1. The van der Waals surface area contributed by atoms with Crippen molar-refractivity contribution in [3.05, 3.63) is 71.3 Å². The van der Waals surface area contributed by atoms with Crippen LogP contribution in [-0.2, 0) is 13.1 Å². The molecule has 120 valence electrons. The first-order chi connectivity index (χ1) is 11.3. The highest BCUT2D eigenvalue weighted by atomic mass is 35.5. The summed E-state index contributed by atoms with van der Waals surface area (Å²) >= 11 is 5.99. The average Bonchev–Trinajstić information content (AvgIpc) is 3.24. The normalized spacial score (nSPS) is 12.4. The third-order valence-corrected chi connectivity index (χ3v) is 4.03. The van der Waals surface area contributed by atoms with Crippen LogP contribution in [0.3, 0.4) is 0 Å². The molecule has 2 aromatic heterocycles. The molecule has 23 heavy (non-hydrogen) atoms. The van der Waals surface area contributed by atoms with E-state index in [1.165, 1.54) is 11.1 Å². The number of hydrogen-bond acceptors (Lipinski definition) is 3. The quantitative estimate of drug-likeness (QED) is 0.724. The maximum Gasteiger partial charge on any atom is 0.0892 e. The lowest BCUT2D eigenvalue weighted by Gasteiger charge is -2.19. The van der Waals surface area contributed by atoms with Crippen LogP contribution in [0.15, 0.2) is 55.1 Å². The van der Waals surface area contributed by atoms with E-state index in [1.54, 1.807) is 6.20 Å². The van der Waals surface area contributed by atoms with Crippen LogP contribution in [0.4, 0.5) is 0 Å². The third kappa shape index (κ3) is 4.00. The molecule has 3 aromatic rings. The Morgan fingerprint density at radius 3 is 2.70 bits per heavy atom. The van der Waals surface area contributed by atoms with Crippen molar-refractivity contribution < 1.29 is 0 Å². The molecule has 0 aliphatic heterocycles. The van der Waals surface area contributed by atoms with Gasteiger partial charge in [-0.25, -0.2) is 0 Å². The number of aryl methyl sites for hydroxylation is 1. The number of halogens is 1. The number of rotatable bonds is 7. The van der Waals surface area contributed by atoms with E-state index < -0.39 is 0 Å². The van der Waals surface area contributed by atoms with E-state index in [-0.39, 0.29) is 6.04 Å². The first-order valence-corrected chi connectivity index (χ1v) is 8.10. The van der Waals surface area contributed by atoms with Crippen molar-refractivity contribution in [2.24, 2.45) is 0 Å². The van der Waals surface area contributed by atoms with Crippen LogP contribution in [0, 0.1) is 0 Å². The second kappa shape index (κ2) is 7.44. The molecule has 2 heterocycles. The van der Waals surface area contributed by atoms with Crippen LogP contribution in [0.1, 0.15) is 24.1 Å². The summed E-state index contributed by atoms with van der Waals surface area (Å²) in [4.78, 5) is 0. The van der Waals surface area contributed by atoms with Crippen LogP contribution in [0.5, 0.6) is 0 Å². The van der Waals surface area contributed by atoms with Crippen LogP contribution in [0.25, 0.3) is 0 Å². The van der Waals surface area contributed by atoms with Crippen molar-refractivity contribution in [3.8, 4) is 0 Å². The maximum absolute atomic E-state index is 5.99. The van der Waals surface area contributed by atoms with Gasteiger partial charge >= 0.3 is 0 Å². The number of nitrogens with one attached hydrogen (secondary N) is 1. The second-order valence-electron chi connectivity index (χ2n) is 5.39. The largest absolute Gasteiger partial charge is 0.310 e. The van der Waals surface area contributed by atoms with Gasteiger partial charge in [-0.2, -0.15) is 10.2 Å². The summed E-state index contributed by atoms with van der Waals surface area (Å²) in [6.45, 7) is 4.53. The van der Waals surface area contributed by atoms with Gasteiger partial charge in [-0.1, -0.05) is 23.7 Å². The Hall–Kier alpha value is -2.11. The molecule has 1 unspecified atom stereocenters. The second-order valence-corrected chi connectivity index (χ2v) is 5.83. The number of hydrogen-bond donors (Lipinski definition) is 1. The van der Waals surface area contributed by atoms with Crippen molar-refractivity contribution in [2.75, 3.05) is 6.54 Å². The van der Waals surface area contributed by atoms with E-state index >= 15 is 0 Å². The lowest BCUT2D eigenvalue weighted by molar-refractivity contribution is 0.480. The molecule has 0 amide bonds. The molecule has 0 saturated heterocycles. The molecular formula is C17H20ClN5. The molecule has 1 aromatic carbocycles. The van der Waals surface area contributed by atoms with Crippen molar-refractivity contribution in [1.82, 2.24) is 24.9 Å². The Bertz CT molecular complexity index is 718. The SMILES string of the molecule is CCn1cc(CNCC(c2ccc(Cl)cc2)n2cccn2)cn1. The van der Waals surface area contributed by atoms with Gasteiger partial charge < -0.3 is 5.32 Å². The summed E-state index contributed by atoms with van der Waals surface area (Å²) in [7, 11) is 0. The summed E-state index contributed by atoms with van der Waals surface area (Å²) in [5.74, 6) is 0. The summed E-state index contributed by atoms with van der Waals surface area (Å²) in [5.41, 5.74) is 2.36. The van der Waals surface area contributed by atoms with Crippen LogP contribution in [0.2, 0.25) is 5.02 Å². The molecular weight excluding hydrogens is 310 g/mol. The number of nitrogens with zero attached hydrogens (tertiary/aromatic N) is 4. The summed E-state index contributed by atoms with van der Waals surface area (Å²) < 4.78 is 3.90. The highest BCUT2D eigenvalue weighted by Crippen LogP contribution is 2.19. The van der Waals surface area contributed by atoms with Crippen LogP contribution >= 0.6 is 11.6 Å². The van der Waals surface area contributed by atoms with Gasteiger partial charge in [0.2, 0.25) is 0 Å². The van der Waals surface area contributed by atoms with Crippen molar-refractivity contribution in [3.63, 3.8) is 0 Å². The van der Waals surface area contributed by atoms with E-state index in [4.69, 9.17) is 11.6 Å². The molecule has 1 N–H and O–H groups in total. The molecule has 0 bridgehead atoms. The fourth-order valence-corrected chi connectivity index (χ4v) is 2.66. The molecule has 1 atom stereocenters. The fraction of sp³-hybridized carbons (Fsp3) is 0.294. The summed E-state index contributed by atoms with van der Waals surface area (Å²) in [5, 5.41) is 12.9. The molecule has 0 aliphatic carbocycles. The first kappa shape index (κ1) is 15.8. The van der Waals surface area contributed by atoms with E-state index in [0.29, 0.717) is 0 Å². The Morgan fingerprint density at radius 1 is 1.22 bits per heavy atom. The predicted octanol–water partition coefficient (Wildman–Crippen LogP) is 3.13. The lowest BCUT2D eigenvalue weighted by atomic mass is 10.1. The van der Waals surface area contributed by atoms with E-state index in [9.17, 15) is 0 Å². The number of aromatic nitrogens is 4. The van der Waals surface area contributed by atoms with Crippen molar-refractivity contribution >= 4 is 11.6 Å². The standard InChI is InChI=1S/C17H20ClN5/c1-2-22-13-14(11-21-22)10-19-12-17(23-9-3-8-20-23)15-4-6-16(18)7-5-15/h3-9,11,13,17,19H,2,10,12H2,1H3. The first-order valence-electron chi connectivity index (χ1n) is 7.73. The topological polar surface area (TPSA) is 47.7 Å². The Morgan fingerprint density at radius 2 is 2.04 bits per heavy atom. The molecule has 0 fully saturated rings. The summed E-state index contributed by atoms with van der Waals surface area (Å²) in [6.07, 6.45) is 7.75. The molecule has 5 nitrogen and oxygen atoms in total. The molecule has 0 aliphatic rings. The monoisotopic (exact) mass is 329 g/mol. The summed E-state index contributed by atoms with van der Waals surface area (Å²) in [6, 6.07) is 9.99. The third-order valence-electron chi connectivity index (χ3n) is 3.78. The van der Waals surface area contributed by atoms with Crippen molar-refractivity contribution in [2.45, 2.75) is 26.1 Å². The van der Waals surface area contributed by atoms with Gasteiger partial charge in [0, 0.05) is 48.8 Å². The Kier molecular flexibility index (Phi) is 5.10. The Labute approximate surface area is 140 Å². The molecule has 3 rings (SSSR count). The van der Waals surface area contributed by atoms with Crippen molar-refractivity contribution in [1.29, 1.82) is 0 Å². The van der Waals surface area contributed by atoms with Crippen LogP contribution < -0.4 is 5.32 Å². The van der Waals surface area contributed by atoms with Gasteiger partial charge in [0.1, 0.15) is 0 Å².